The van der Waals surface area contributed by atoms with Crippen LogP contribution in [0.15, 0.2) is 74.9 Å². The summed E-state index contributed by atoms with van der Waals surface area (Å²) < 4.78 is 10.6. The third-order valence-electron chi connectivity index (χ3n) is 4.20. The summed E-state index contributed by atoms with van der Waals surface area (Å²) in [6.07, 6.45) is 4.04. The van der Waals surface area contributed by atoms with E-state index in [-0.39, 0.29) is 5.91 Å². The van der Waals surface area contributed by atoms with Crippen LogP contribution in [-0.4, -0.2) is 25.0 Å². The van der Waals surface area contributed by atoms with Crippen LogP contribution >= 0.6 is 0 Å². The van der Waals surface area contributed by atoms with Crippen LogP contribution in [0.2, 0.25) is 0 Å². The maximum absolute atomic E-state index is 12.4. The minimum Gasteiger partial charge on any atom is -0.469 e. The SMILES string of the molecule is CCNC(=NCc1cccc(C(=O)NCc2ccco2)c1)NCCc1ccco1. The van der Waals surface area contributed by atoms with Crippen LogP contribution in [-0.2, 0) is 19.5 Å². The molecule has 7 nitrogen and oxygen atoms in total. The Labute approximate surface area is 170 Å². The van der Waals surface area contributed by atoms with Crippen molar-refractivity contribution in [2.24, 2.45) is 4.99 Å². The average Bonchev–Trinajstić information content (AvgIpc) is 3.44. The number of rotatable bonds is 9. The highest BCUT2D eigenvalue weighted by Crippen LogP contribution is 2.08. The van der Waals surface area contributed by atoms with Gasteiger partial charge in [-0.15, -0.1) is 0 Å². The average molecular weight is 394 g/mol. The number of aliphatic imine (C=N–C) groups is 1. The summed E-state index contributed by atoms with van der Waals surface area (Å²) in [5.41, 5.74) is 1.55. The topological polar surface area (TPSA) is 91.8 Å². The maximum Gasteiger partial charge on any atom is 0.251 e. The molecule has 3 N–H and O–H groups in total. The molecule has 2 heterocycles. The highest BCUT2D eigenvalue weighted by molar-refractivity contribution is 5.94. The smallest absolute Gasteiger partial charge is 0.251 e. The number of hydrogen-bond acceptors (Lipinski definition) is 4. The van der Waals surface area contributed by atoms with E-state index in [0.29, 0.717) is 25.2 Å². The van der Waals surface area contributed by atoms with Gasteiger partial charge in [0.25, 0.3) is 5.91 Å². The zero-order chi connectivity index (χ0) is 20.3. The van der Waals surface area contributed by atoms with Gasteiger partial charge in [0.05, 0.1) is 25.6 Å². The molecule has 0 fully saturated rings. The van der Waals surface area contributed by atoms with Gasteiger partial charge in [0.1, 0.15) is 11.5 Å². The van der Waals surface area contributed by atoms with Gasteiger partial charge in [-0.05, 0) is 48.9 Å². The van der Waals surface area contributed by atoms with Gasteiger partial charge in [-0.25, -0.2) is 4.99 Å². The number of guanidine groups is 1. The van der Waals surface area contributed by atoms with Crippen LogP contribution in [0.4, 0.5) is 0 Å². The molecule has 0 aliphatic rings. The van der Waals surface area contributed by atoms with Gasteiger partial charge in [0.2, 0.25) is 0 Å². The lowest BCUT2D eigenvalue weighted by Gasteiger charge is -2.11. The molecule has 2 aromatic heterocycles. The van der Waals surface area contributed by atoms with Crippen molar-refractivity contribution in [2.75, 3.05) is 13.1 Å². The van der Waals surface area contributed by atoms with Crippen LogP contribution in [0.1, 0.15) is 34.4 Å². The molecular formula is C22H26N4O3. The quantitative estimate of drug-likeness (QED) is 0.383. The standard InChI is InChI=1S/C22H26N4O3/c1-2-23-22(24-11-10-19-8-4-12-28-19)26-15-17-6-3-7-18(14-17)21(27)25-16-20-9-5-13-29-20/h3-9,12-14H,2,10-11,15-16H2,1H3,(H,25,27)(H2,23,24,26). The molecule has 0 spiro atoms. The zero-order valence-corrected chi connectivity index (χ0v) is 16.5. The lowest BCUT2D eigenvalue weighted by atomic mass is 10.1. The van der Waals surface area contributed by atoms with Crippen LogP contribution < -0.4 is 16.0 Å². The maximum atomic E-state index is 12.4. The van der Waals surface area contributed by atoms with Crippen molar-refractivity contribution in [2.45, 2.75) is 26.4 Å². The third-order valence-corrected chi connectivity index (χ3v) is 4.20. The van der Waals surface area contributed by atoms with Gasteiger partial charge in [-0.1, -0.05) is 12.1 Å². The second-order valence-corrected chi connectivity index (χ2v) is 6.41. The van der Waals surface area contributed by atoms with E-state index in [1.54, 1.807) is 24.7 Å². The normalized spacial score (nSPS) is 11.3. The molecule has 0 aliphatic carbocycles. The number of carbonyl (C=O) groups is 1. The second kappa shape index (κ2) is 10.8. The third kappa shape index (κ3) is 6.57. The first kappa shape index (κ1) is 20.3. The van der Waals surface area contributed by atoms with Crippen molar-refractivity contribution in [3.8, 4) is 0 Å². The first-order valence-electron chi connectivity index (χ1n) is 9.68. The summed E-state index contributed by atoms with van der Waals surface area (Å²) in [6.45, 7) is 4.33. The fourth-order valence-electron chi connectivity index (χ4n) is 2.76. The van der Waals surface area contributed by atoms with Crippen LogP contribution in [0.25, 0.3) is 0 Å². The molecule has 0 saturated heterocycles. The lowest BCUT2D eigenvalue weighted by Crippen LogP contribution is -2.38. The fraction of sp³-hybridized carbons (Fsp3) is 0.273. The Balaban J connectivity index is 1.54. The predicted molar refractivity (Wildman–Crippen MR) is 112 cm³/mol. The summed E-state index contributed by atoms with van der Waals surface area (Å²) in [6, 6.07) is 14.9. The molecule has 29 heavy (non-hydrogen) atoms. The van der Waals surface area contributed by atoms with Gasteiger partial charge in [-0.2, -0.15) is 0 Å². The van der Waals surface area contributed by atoms with Crippen LogP contribution in [0.3, 0.4) is 0 Å². The number of nitrogens with one attached hydrogen (secondary N) is 3. The lowest BCUT2D eigenvalue weighted by molar-refractivity contribution is 0.0948. The monoisotopic (exact) mass is 394 g/mol. The van der Waals surface area contributed by atoms with Crippen LogP contribution in [0.5, 0.6) is 0 Å². The number of carbonyl (C=O) groups excluding carboxylic acids is 1. The van der Waals surface area contributed by atoms with Crippen molar-refractivity contribution >= 4 is 11.9 Å². The van der Waals surface area contributed by atoms with Gasteiger partial charge in [0.15, 0.2) is 5.96 Å². The van der Waals surface area contributed by atoms with Crippen molar-refractivity contribution in [3.05, 3.63) is 83.7 Å². The van der Waals surface area contributed by atoms with E-state index in [1.807, 2.05) is 43.3 Å². The van der Waals surface area contributed by atoms with E-state index in [0.717, 1.165) is 36.0 Å². The molecule has 0 unspecified atom stereocenters. The van der Waals surface area contributed by atoms with E-state index in [9.17, 15) is 4.79 Å². The first-order chi connectivity index (χ1) is 14.2. The molecule has 7 heteroatoms. The summed E-state index contributed by atoms with van der Waals surface area (Å²) in [5, 5.41) is 9.37. The number of furan rings is 2. The summed E-state index contributed by atoms with van der Waals surface area (Å²) >= 11 is 0. The molecule has 1 aromatic carbocycles. The van der Waals surface area contributed by atoms with E-state index in [4.69, 9.17) is 8.83 Å². The minimum absolute atomic E-state index is 0.143. The molecular weight excluding hydrogens is 368 g/mol. The van der Waals surface area contributed by atoms with Gasteiger partial charge in [-0.3, -0.25) is 4.79 Å². The predicted octanol–water partition coefficient (Wildman–Crippen LogP) is 3.10. The van der Waals surface area contributed by atoms with Crippen molar-refractivity contribution in [1.29, 1.82) is 0 Å². The molecule has 0 radical (unpaired) electrons. The molecule has 0 atom stereocenters. The van der Waals surface area contributed by atoms with Gasteiger partial charge in [0, 0.05) is 25.1 Å². The highest BCUT2D eigenvalue weighted by atomic mass is 16.3. The number of hydrogen-bond donors (Lipinski definition) is 3. The number of amides is 1. The number of nitrogens with zero attached hydrogens (tertiary/aromatic N) is 1. The Morgan fingerprint density at radius 3 is 2.48 bits per heavy atom. The first-order valence-corrected chi connectivity index (χ1v) is 9.68. The van der Waals surface area contributed by atoms with Crippen molar-refractivity contribution in [1.82, 2.24) is 16.0 Å². The Morgan fingerprint density at radius 1 is 0.966 bits per heavy atom. The molecule has 152 valence electrons. The van der Waals surface area contributed by atoms with Crippen LogP contribution in [0, 0.1) is 0 Å². The van der Waals surface area contributed by atoms with Crippen molar-refractivity contribution < 1.29 is 13.6 Å². The second-order valence-electron chi connectivity index (χ2n) is 6.41. The largest absolute Gasteiger partial charge is 0.469 e. The molecule has 0 aliphatic heterocycles. The highest BCUT2D eigenvalue weighted by Gasteiger charge is 2.07. The fourth-order valence-corrected chi connectivity index (χ4v) is 2.76. The molecule has 0 bridgehead atoms. The van der Waals surface area contributed by atoms with E-state index < -0.39 is 0 Å². The zero-order valence-electron chi connectivity index (χ0n) is 16.5. The summed E-state index contributed by atoms with van der Waals surface area (Å²) in [5.74, 6) is 2.24. The molecule has 3 rings (SSSR count). The molecule has 3 aromatic rings. The summed E-state index contributed by atoms with van der Waals surface area (Å²) in [7, 11) is 0. The van der Waals surface area contributed by atoms with E-state index in [2.05, 4.69) is 20.9 Å². The molecule has 1 amide bonds. The Bertz CT molecular complexity index is 902. The van der Waals surface area contributed by atoms with Gasteiger partial charge < -0.3 is 24.8 Å². The summed E-state index contributed by atoms with van der Waals surface area (Å²) in [4.78, 5) is 17.0. The number of benzene rings is 1. The van der Waals surface area contributed by atoms with Gasteiger partial charge >= 0.3 is 0 Å². The van der Waals surface area contributed by atoms with E-state index in [1.165, 1.54) is 0 Å². The van der Waals surface area contributed by atoms with Crippen molar-refractivity contribution in [3.63, 3.8) is 0 Å². The molecule has 0 saturated carbocycles. The minimum atomic E-state index is -0.143. The Morgan fingerprint density at radius 2 is 1.76 bits per heavy atom. The Hall–Kier alpha value is -3.48. The Kier molecular flexibility index (Phi) is 7.51. The van der Waals surface area contributed by atoms with E-state index >= 15 is 0 Å².